The van der Waals surface area contributed by atoms with Crippen LogP contribution in [0, 0.1) is 5.41 Å². The van der Waals surface area contributed by atoms with Gasteiger partial charge in [0, 0.05) is 36.5 Å². The van der Waals surface area contributed by atoms with E-state index < -0.39 is 0 Å². The van der Waals surface area contributed by atoms with Gasteiger partial charge in [-0.3, -0.25) is 4.99 Å². The van der Waals surface area contributed by atoms with Crippen LogP contribution in [0.1, 0.15) is 37.5 Å². The van der Waals surface area contributed by atoms with E-state index in [0.29, 0.717) is 17.6 Å². The molecule has 2 aliphatic rings. The van der Waals surface area contributed by atoms with Crippen molar-refractivity contribution in [3.8, 4) is 0 Å². The van der Waals surface area contributed by atoms with Crippen LogP contribution in [0.3, 0.4) is 0 Å². The highest BCUT2D eigenvalue weighted by Gasteiger charge is 2.59. The Bertz CT molecular complexity index is 502. The summed E-state index contributed by atoms with van der Waals surface area (Å²) >= 11 is 1.81. The summed E-state index contributed by atoms with van der Waals surface area (Å²) in [5.41, 5.74) is 0.376. The van der Waals surface area contributed by atoms with Gasteiger partial charge in [0.05, 0.1) is 6.10 Å². The van der Waals surface area contributed by atoms with Crippen LogP contribution in [0.5, 0.6) is 0 Å². The molecule has 2 aliphatic carbocycles. The standard InChI is InChI=1S/C17H27N3OS.HI/c1-3-21-15-12-14(17(15)8-5-9-17)20-16(18-2)19-10-7-13-6-4-11-22-13;/h4,6,11,14-15H,3,5,7-10,12H2,1-2H3,(H2,18,19,20);1H. The van der Waals surface area contributed by atoms with Crippen LogP contribution in [0.25, 0.3) is 0 Å². The molecule has 2 N–H and O–H groups in total. The summed E-state index contributed by atoms with van der Waals surface area (Å²) in [5.74, 6) is 0.933. The fourth-order valence-corrected chi connectivity index (χ4v) is 4.47. The van der Waals surface area contributed by atoms with E-state index in [-0.39, 0.29) is 24.0 Å². The third-order valence-electron chi connectivity index (χ3n) is 5.22. The van der Waals surface area contributed by atoms with Gasteiger partial charge in [-0.15, -0.1) is 35.3 Å². The summed E-state index contributed by atoms with van der Waals surface area (Å²) in [6, 6.07) is 4.81. The molecule has 3 rings (SSSR count). The van der Waals surface area contributed by atoms with Gasteiger partial charge in [0.25, 0.3) is 0 Å². The first-order valence-electron chi connectivity index (χ1n) is 8.39. The molecular formula is C17H28IN3OS. The van der Waals surface area contributed by atoms with Crippen LogP contribution in [0.2, 0.25) is 0 Å². The molecule has 1 aromatic rings. The van der Waals surface area contributed by atoms with Crippen molar-refractivity contribution in [1.29, 1.82) is 0 Å². The van der Waals surface area contributed by atoms with Crippen molar-refractivity contribution in [2.75, 3.05) is 20.2 Å². The average molecular weight is 449 g/mol. The van der Waals surface area contributed by atoms with Crippen molar-refractivity contribution in [3.05, 3.63) is 22.4 Å². The van der Waals surface area contributed by atoms with E-state index in [2.05, 4.69) is 40.1 Å². The van der Waals surface area contributed by atoms with Crippen LogP contribution < -0.4 is 10.6 Å². The third-order valence-corrected chi connectivity index (χ3v) is 6.15. The normalized spacial score (nSPS) is 25.2. The average Bonchev–Trinajstić information content (AvgIpc) is 2.95. The van der Waals surface area contributed by atoms with Crippen LogP contribution in [0.4, 0.5) is 0 Å². The van der Waals surface area contributed by atoms with Crippen LogP contribution in [0.15, 0.2) is 22.5 Å². The highest BCUT2D eigenvalue weighted by molar-refractivity contribution is 14.0. The number of thiophene rings is 1. The van der Waals surface area contributed by atoms with E-state index >= 15 is 0 Å². The number of halogens is 1. The first-order valence-corrected chi connectivity index (χ1v) is 9.27. The van der Waals surface area contributed by atoms with Crippen LogP contribution >= 0.6 is 35.3 Å². The van der Waals surface area contributed by atoms with Crippen molar-refractivity contribution < 1.29 is 4.74 Å². The van der Waals surface area contributed by atoms with Gasteiger partial charge in [-0.05, 0) is 44.1 Å². The molecule has 0 aromatic carbocycles. The van der Waals surface area contributed by atoms with Crippen LogP contribution in [-0.4, -0.2) is 38.3 Å². The third kappa shape index (κ3) is 4.02. The topological polar surface area (TPSA) is 45.6 Å². The lowest BCUT2D eigenvalue weighted by Gasteiger charge is -2.61. The number of hydrogen-bond donors (Lipinski definition) is 2. The van der Waals surface area contributed by atoms with E-state index in [9.17, 15) is 0 Å². The number of guanidine groups is 1. The number of nitrogens with one attached hydrogen (secondary N) is 2. The second kappa shape index (κ2) is 8.67. The van der Waals surface area contributed by atoms with Crippen LogP contribution in [-0.2, 0) is 11.2 Å². The van der Waals surface area contributed by atoms with E-state index in [1.807, 2.05) is 18.4 Å². The molecule has 23 heavy (non-hydrogen) atoms. The number of hydrogen-bond acceptors (Lipinski definition) is 3. The Morgan fingerprint density at radius 3 is 2.87 bits per heavy atom. The zero-order chi connectivity index (χ0) is 15.4. The molecule has 4 nitrogen and oxygen atoms in total. The molecule has 1 spiro atoms. The minimum Gasteiger partial charge on any atom is -0.378 e. The SMILES string of the molecule is CCOC1CC(NC(=NC)NCCc2cccs2)C12CCC2.I. The first-order chi connectivity index (χ1) is 10.8. The molecule has 2 atom stereocenters. The lowest BCUT2D eigenvalue weighted by molar-refractivity contribution is -0.168. The van der Waals surface area contributed by atoms with Crippen molar-refractivity contribution in [1.82, 2.24) is 10.6 Å². The molecule has 0 saturated heterocycles. The Labute approximate surface area is 160 Å². The second-order valence-electron chi connectivity index (χ2n) is 6.29. The van der Waals surface area contributed by atoms with Gasteiger partial charge in [-0.25, -0.2) is 0 Å². The molecule has 0 aliphatic heterocycles. The summed E-state index contributed by atoms with van der Waals surface area (Å²) in [6.45, 7) is 3.85. The fourth-order valence-electron chi connectivity index (χ4n) is 3.76. The summed E-state index contributed by atoms with van der Waals surface area (Å²) in [4.78, 5) is 5.80. The molecule has 0 radical (unpaired) electrons. The van der Waals surface area contributed by atoms with E-state index in [1.54, 1.807) is 0 Å². The smallest absolute Gasteiger partial charge is 0.191 e. The predicted octanol–water partition coefficient (Wildman–Crippen LogP) is 3.42. The lowest BCUT2D eigenvalue weighted by atomic mass is 9.51. The van der Waals surface area contributed by atoms with E-state index in [0.717, 1.165) is 32.0 Å². The van der Waals surface area contributed by atoms with Gasteiger partial charge >= 0.3 is 0 Å². The van der Waals surface area contributed by atoms with Gasteiger partial charge in [-0.2, -0.15) is 0 Å². The quantitative estimate of drug-likeness (QED) is 0.398. The molecule has 2 saturated carbocycles. The van der Waals surface area contributed by atoms with Gasteiger partial charge < -0.3 is 15.4 Å². The molecule has 130 valence electrons. The Morgan fingerprint density at radius 2 is 2.30 bits per heavy atom. The molecule has 0 bridgehead atoms. The maximum absolute atomic E-state index is 5.91. The highest BCUT2D eigenvalue weighted by Crippen LogP contribution is 2.57. The molecule has 2 fully saturated rings. The molecule has 6 heteroatoms. The van der Waals surface area contributed by atoms with E-state index in [1.165, 1.54) is 24.1 Å². The number of nitrogens with zero attached hydrogens (tertiary/aromatic N) is 1. The first kappa shape index (κ1) is 19.0. The summed E-state index contributed by atoms with van der Waals surface area (Å²) in [5, 5.41) is 9.20. The van der Waals surface area contributed by atoms with Crippen molar-refractivity contribution >= 4 is 41.3 Å². The second-order valence-corrected chi connectivity index (χ2v) is 7.32. The van der Waals surface area contributed by atoms with Gasteiger partial charge in [-0.1, -0.05) is 12.5 Å². The Balaban J connectivity index is 0.00000192. The zero-order valence-corrected chi connectivity index (χ0v) is 17.2. The van der Waals surface area contributed by atoms with E-state index in [4.69, 9.17) is 4.74 Å². The molecule has 2 unspecified atom stereocenters. The molecular weight excluding hydrogens is 421 g/mol. The Morgan fingerprint density at radius 1 is 1.48 bits per heavy atom. The summed E-state index contributed by atoms with van der Waals surface area (Å²) < 4.78 is 5.91. The monoisotopic (exact) mass is 449 g/mol. The largest absolute Gasteiger partial charge is 0.378 e. The summed E-state index contributed by atoms with van der Waals surface area (Å²) in [6.07, 6.45) is 6.54. The minimum absolute atomic E-state index is 0. The fraction of sp³-hybridized carbons (Fsp3) is 0.706. The zero-order valence-electron chi connectivity index (χ0n) is 14.0. The van der Waals surface area contributed by atoms with Crippen molar-refractivity contribution in [2.45, 2.75) is 51.2 Å². The number of ether oxygens (including phenoxy) is 1. The lowest BCUT2D eigenvalue weighted by Crippen LogP contribution is -2.68. The predicted molar refractivity (Wildman–Crippen MR) is 108 cm³/mol. The maximum Gasteiger partial charge on any atom is 0.191 e. The van der Waals surface area contributed by atoms with Crippen molar-refractivity contribution in [3.63, 3.8) is 0 Å². The number of rotatable bonds is 6. The van der Waals surface area contributed by atoms with Crippen molar-refractivity contribution in [2.24, 2.45) is 10.4 Å². The molecule has 0 amide bonds. The Kier molecular flexibility index (Phi) is 7.16. The Hall–Kier alpha value is -0.340. The van der Waals surface area contributed by atoms with Gasteiger partial charge in [0.15, 0.2) is 5.96 Å². The molecule has 1 heterocycles. The highest BCUT2D eigenvalue weighted by atomic mass is 127. The number of aliphatic imine (C=N–C) groups is 1. The minimum atomic E-state index is 0. The maximum atomic E-state index is 5.91. The summed E-state index contributed by atoms with van der Waals surface area (Å²) in [7, 11) is 1.85. The van der Waals surface area contributed by atoms with Gasteiger partial charge in [0.2, 0.25) is 0 Å². The molecule has 1 aromatic heterocycles. The van der Waals surface area contributed by atoms with Gasteiger partial charge in [0.1, 0.15) is 0 Å².